The molecule has 132 valence electrons. The molecule has 24 heavy (non-hydrogen) atoms. The lowest BCUT2D eigenvalue weighted by Gasteiger charge is -2.41. The number of nitrogens with one attached hydrogen (secondary N) is 1. The number of thiol groups is 1. The first-order valence-electron chi connectivity index (χ1n) is 7.25. The van der Waals surface area contributed by atoms with Crippen LogP contribution in [0.2, 0.25) is 0 Å². The van der Waals surface area contributed by atoms with E-state index in [4.69, 9.17) is 0 Å². The number of nitrogens with zero attached hydrogens (tertiary/aromatic N) is 2. The lowest BCUT2D eigenvalue weighted by Crippen LogP contribution is -2.60. The van der Waals surface area contributed by atoms with Gasteiger partial charge in [-0.15, -0.1) is 0 Å². The molecular weight excluding hydrogens is 354 g/mol. The third-order valence-electron chi connectivity index (χ3n) is 4.23. The van der Waals surface area contributed by atoms with Gasteiger partial charge in [0.1, 0.15) is 11.6 Å². The van der Waals surface area contributed by atoms with E-state index in [0.29, 0.717) is 6.54 Å². The quantitative estimate of drug-likeness (QED) is 0.504. The Balaban J connectivity index is 2.35. The van der Waals surface area contributed by atoms with Gasteiger partial charge in [0.2, 0.25) is 10.0 Å². The smallest absolute Gasteiger partial charge is 0.324 e. The number of benzene rings is 1. The van der Waals surface area contributed by atoms with Gasteiger partial charge in [-0.2, -0.15) is 22.3 Å². The second-order valence-corrected chi connectivity index (χ2v) is 8.13. The van der Waals surface area contributed by atoms with Crippen molar-refractivity contribution in [3.05, 3.63) is 35.2 Å². The van der Waals surface area contributed by atoms with E-state index < -0.39 is 27.6 Å². The zero-order valence-electron chi connectivity index (χ0n) is 13.0. The van der Waals surface area contributed by atoms with E-state index in [9.17, 15) is 23.2 Å². The number of carboxylic acid groups (broad SMARTS) is 1. The summed E-state index contributed by atoms with van der Waals surface area (Å²) in [6, 6.07) is 5.72. The van der Waals surface area contributed by atoms with Crippen LogP contribution in [0.3, 0.4) is 0 Å². The standard InChI is InChI=1S/C14H19N3O5S2/c1-17-8-7-14(16-20,9-11(17)23)12(13(18)19)15-24(21,22)10-5-3-2-4-6-10/h2-6,11-12,15,23H,7-9H2,1H3,(H,18,19)/t11?,12-,14?/m0/s1. The first-order chi connectivity index (χ1) is 11.2. The monoisotopic (exact) mass is 373 g/mol. The number of nitroso groups, excluding NO2 is 1. The average molecular weight is 373 g/mol. The number of carbonyl (C=O) groups is 1. The van der Waals surface area contributed by atoms with E-state index in [1.54, 1.807) is 13.1 Å². The Bertz CT molecular complexity index is 712. The van der Waals surface area contributed by atoms with Gasteiger partial charge in [0, 0.05) is 13.0 Å². The Morgan fingerprint density at radius 1 is 1.46 bits per heavy atom. The SMILES string of the molecule is CN1CCC(N=O)([C@@H](NS(=O)(=O)c2ccccc2)C(=O)O)CC1S. The molecule has 1 aliphatic heterocycles. The molecule has 2 unspecified atom stereocenters. The third-order valence-corrected chi connectivity index (χ3v) is 6.25. The molecule has 0 saturated carbocycles. The van der Waals surface area contributed by atoms with Gasteiger partial charge in [-0.05, 0) is 25.6 Å². The number of carboxylic acids is 1. The molecule has 1 heterocycles. The second-order valence-electron chi connectivity index (χ2n) is 5.82. The summed E-state index contributed by atoms with van der Waals surface area (Å²) in [5.41, 5.74) is -1.59. The van der Waals surface area contributed by atoms with E-state index in [2.05, 4.69) is 22.5 Å². The van der Waals surface area contributed by atoms with E-state index in [-0.39, 0.29) is 23.1 Å². The Morgan fingerprint density at radius 3 is 2.58 bits per heavy atom. The minimum absolute atomic E-state index is 0.0321. The van der Waals surface area contributed by atoms with Crippen LogP contribution < -0.4 is 4.72 Å². The van der Waals surface area contributed by atoms with Crippen LogP contribution in [0.5, 0.6) is 0 Å². The maximum absolute atomic E-state index is 12.4. The zero-order valence-corrected chi connectivity index (χ0v) is 14.7. The lowest BCUT2D eigenvalue weighted by atomic mass is 9.82. The van der Waals surface area contributed by atoms with Crippen molar-refractivity contribution in [2.45, 2.75) is 34.7 Å². The van der Waals surface area contributed by atoms with E-state index in [1.165, 1.54) is 24.3 Å². The molecule has 0 aliphatic carbocycles. The number of sulfonamides is 1. The van der Waals surface area contributed by atoms with Gasteiger partial charge in [-0.25, -0.2) is 8.42 Å². The lowest BCUT2D eigenvalue weighted by molar-refractivity contribution is -0.141. The summed E-state index contributed by atoms with van der Waals surface area (Å²) in [4.78, 5) is 25.0. The Labute approximate surface area is 145 Å². The Morgan fingerprint density at radius 2 is 2.08 bits per heavy atom. The van der Waals surface area contributed by atoms with Crippen LogP contribution in [0.1, 0.15) is 12.8 Å². The molecule has 1 aromatic rings. The topological polar surface area (TPSA) is 116 Å². The molecule has 0 aromatic heterocycles. The van der Waals surface area contributed by atoms with Crippen molar-refractivity contribution in [1.82, 2.24) is 9.62 Å². The summed E-state index contributed by atoms with van der Waals surface area (Å²) in [6.07, 6.45) is 0.155. The molecular formula is C14H19N3O5S2. The predicted octanol–water partition coefficient (Wildman–Crippen LogP) is 0.905. The molecule has 8 nitrogen and oxygen atoms in total. The molecule has 10 heteroatoms. The highest BCUT2D eigenvalue weighted by Crippen LogP contribution is 2.35. The van der Waals surface area contributed by atoms with Gasteiger partial charge < -0.3 is 5.11 Å². The highest BCUT2D eigenvalue weighted by molar-refractivity contribution is 7.89. The molecule has 0 bridgehead atoms. The molecule has 1 aliphatic rings. The zero-order chi connectivity index (χ0) is 18.0. The minimum Gasteiger partial charge on any atom is -0.480 e. The van der Waals surface area contributed by atoms with Crippen molar-refractivity contribution in [2.75, 3.05) is 13.6 Å². The van der Waals surface area contributed by atoms with Crippen molar-refractivity contribution >= 4 is 28.6 Å². The third kappa shape index (κ3) is 3.77. The number of aliphatic carboxylic acids is 1. The molecule has 1 saturated heterocycles. The van der Waals surface area contributed by atoms with Gasteiger partial charge in [0.25, 0.3) is 0 Å². The molecule has 1 fully saturated rings. The van der Waals surface area contributed by atoms with Crippen LogP contribution in [-0.2, 0) is 14.8 Å². The highest BCUT2D eigenvalue weighted by Gasteiger charge is 2.50. The summed E-state index contributed by atoms with van der Waals surface area (Å²) in [7, 11) is -2.31. The van der Waals surface area contributed by atoms with E-state index in [1.807, 2.05) is 4.90 Å². The summed E-state index contributed by atoms with van der Waals surface area (Å²) in [5, 5.41) is 12.2. The van der Waals surface area contributed by atoms with Crippen molar-refractivity contribution in [3.63, 3.8) is 0 Å². The van der Waals surface area contributed by atoms with Crippen LogP contribution >= 0.6 is 12.6 Å². The summed E-state index contributed by atoms with van der Waals surface area (Å²) in [5.74, 6) is -1.45. The van der Waals surface area contributed by atoms with Crippen molar-refractivity contribution < 1.29 is 18.3 Å². The maximum Gasteiger partial charge on any atom is 0.324 e. The van der Waals surface area contributed by atoms with Crippen molar-refractivity contribution in [1.29, 1.82) is 0 Å². The second kappa shape index (κ2) is 7.18. The van der Waals surface area contributed by atoms with Gasteiger partial charge in [-0.3, -0.25) is 9.69 Å². The number of likely N-dealkylation sites (tertiary alicyclic amines) is 1. The van der Waals surface area contributed by atoms with Crippen LogP contribution in [-0.4, -0.2) is 54.9 Å². The largest absolute Gasteiger partial charge is 0.480 e. The van der Waals surface area contributed by atoms with Crippen molar-refractivity contribution in [3.8, 4) is 0 Å². The maximum atomic E-state index is 12.4. The van der Waals surface area contributed by atoms with Gasteiger partial charge >= 0.3 is 5.97 Å². The number of hydrogen-bond donors (Lipinski definition) is 3. The van der Waals surface area contributed by atoms with Crippen LogP contribution in [0.4, 0.5) is 0 Å². The molecule has 3 atom stereocenters. The number of piperidine rings is 1. The molecule has 0 radical (unpaired) electrons. The highest BCUT2D eigenvalue weighted by atomic mass is 32.2. The van der Waals surface area contributed by atoms with Crippen LogP contribution in [0, 0.1) is 4.91 Å². The van der Waals surface area contributed by atoms with Crippen molar-refractivity contribution in [2.24, 2.45) is 5.18 Å². The predicted molar refractivity (Wildman–Crippen MR) is 91.4 cm³/mol. The van der Waals surface area contributed by atoms with E-state index >= 15 is 0 Å². The van der Waals surface area contributed by atoms with E-state index in [0.717, 1.165) is 0 Å². The minimum atomic E-state index is -4.10. The Kier molecular flexibility index (Phi) is 5.63. The number of rotatable bonds is 6. The summed E-state index contributed by atoms with van der Waals surface area (Å²) in [6.45, 7) is 0.386. The molecule has 1 aromatic carbocycles. The molecule has 0 amide bonds. The fourth-order valence-corrected chi connectivity index (χ4v) is 4.42. The summed E-state index contributed by atoms with van der Waals surface area (Å²) >= 11 is 4.32. The van der Waals surface area contributed by atoms with Crippen LogP contribution in [0.15, 0.2) is 40.4 Å². The first kappa shape index (κ1) is 18.8. The van der Waals surface area contributed by atoms with Crippen LogP contribution in [0.25, 0.3) is 0 Å². The van der Waals surface area contributed by atoms with Gasteiger partial charge in [0.05, 0.1) is 10.3 Å². The normalized spacial score (nSPS) is 26.7. The fraction of sp³-hybridized carbons (Fsp3) is 0.500. The number of hydrogen-bond acceptors (Lipinski definition) is 7. The Hall–Kier alpha value is -1.49. The van der Waals surface area contributed by atoms with Gasteiger partial charge in [0.15, 0.2) is 0 Å². The van der Waals surface area contributed by atoms with Gasteiger partial charge in [-0.1, -0.05) is 23.4 Å². The molecule has 2 N–H and O–H groups in total. The molecule has 0 spiro atoms. The molecule has 2 rings (SSSR count). The fourth-order valence-electron chi connectivity index (χ4n) is 2.70. The summed E-state index contributed by atoms with van der Waals surface area (Å²) < 4.78 is 27.0. The average Bonchev–Trinajstić information content (AvgIpc) is 2.56. The first-order valence-corrected chi connectivity index (χ1v) is 9.25.